The van der Waals surface area contributed by atoms with Gasteiger partial charge in [-0.05, 0) is 37.6 Å². The lowest BCUT2D eigenvalue weighted by molar-refractivity contribution is 0.414. The van der Waals surface area contributed by atoms with Gasteiger partial charge in [0.15, 0.2) is 0 Å². The van der Waals surface area contributed by atoms with Crippen LogP contribution in [0.4, 0.5) is 5.69 Å². The van der Waals surface area contributed by atoms with Gasteiger partial charge in [0.05, 0.1) is 15.7 Å². The summed E-state index contributed by atoms with van der Waals surface area (Å²) in [4.78, 5) is 4.29. The van der Waals surface area contributed by atoms with Gasteiger partial charge in [0.25, 0.3) is 0 Å². The molecule has 1 aromatic heterocycles. The van der Waals surface area contributed by atoms with E-state index >= 15 is 0 Å². The van der Waals surface area contributed by atoms with E-state index in [2.05, 4.69) is 33.8 Å². The van der Waals surface area contributed by atoms with Crippen LogP contribution in [0.5, 0.6) is 0 Å². The highest BCUT2D eigenvalue weighted by Crippen LogP contribution is 2.21. The molecule has 1 aromatic carbocycles. The van der Waals surface area contributed by atoms with E-state index in [0.29, 0.717) is 6.04 Å². The van der Waals surface area contributed by atoms with E-state index < -0.39 is 0 Å². The summed E-state index contributed by atoms with van der Waals surface area (Å²) < 4.78 is 1.26. The first-order valence-electron chi connectivity index (χ1n) is 6.22. The molecule has 4 heteroatoms. The largest absolute Gasteiger partial charge is 0.383 e. The molecule has 1 aliphatic heterocycles. The fourth-order valence-corrected chi connectivity index (χ4v) is 3.02. The average molecular weight is 247 g/mol. The Morgan fingerprint density at radius 3 is 3.29 bits per heavy atom. The molecule has 1 unspecified atom stereocenters. The van der Waals surface area contributed by atoms with Crippen molar-refractivity contribution in [3.8, 4) is 0 Å². The van der Waals surface area contributed by atoms with Crippen molar-refractivity contribution in [2.45, 2.75) is 25.3 Å². The van der Waals surface area contributed by atoms with Gasteiger partial charge < -0.3 is 10.6 Å². The highest BCUT2D eigenvalue weighted by molar-refractivity contribution is 7.16. The number of hydrogen-bond donors (Lipinski definition) is 2. The van der Waals surface area contributed by atoms with Gasteiger partial charge in [-0.3, -0.25) is 0 Å². The molecule has 2 N–H and O–H groups in total. The van der Waals surface area contributed by atoms with Gasteiger partial charge in [0.1, 0.15) is 0 Å². The first kappa shape index (κ1) is 11.0. The lowest BCUT2D eigenvalue weighted by Gasteiger charge is -2.24. The minimum absolute atomic E-state index is 0.626. The zero-order valence-electron chi connectivity index (χ0n) is 9.78. The van der Waals surface area contributed by atoms with Gasteiger partial charge in [0, 0.05) is 18.3 Å². The van der Waals surface area contributed by atoms with Crippen LogP contribution >= 0.6 is 11.3 Å². The minimum atomic E-state index is 0.626. The number of hydrogen-bond acceptors (Lipinski definition) is 4. The quantitative estimate of drug-likeness (QED) is 0.875. The molecule has 0 spiro atoms. The standard InChI is InChI=1S/C13H17N3S/c1-2-6-14-11(3-1)8-15-10-4-5-12-13(7-10)17-9-16-12/h4-5,7,9,11,14-15H,1-3,6,8H2. The van der Waals surface area contributed by atoms with Crippen molar-refractivity contribution in [1.82, 2.24) is 10.3 Å². The second-order valence-electron chi connectivity index (χ2n) is 4.56. The summed E-state index contributed by atoms with van der Waals surface area (Å²) in [6.07, 6.45) is 3.96. The molecule has 3 rings (SSSR count). The van der Waals surface area contributed by atoms with Crippen LogP contribution in [-0.4, -0.2) is 24.1 Å². The summed E-state index contributed by atoms with van der Waals surface area (Å²) in [6.45, 7) is 2.19. The highest BCUT2D eigenvalue weighted by atomic mass is 32.1. The molecule has 1 saturated heterocycles. The fourth-order valence-electron chi connectivity index (χ4n) is 2.30. The molecular weight excluding hydrogens is 230 g/mol. The van der Waals surface area contributed by atoms with E-state index in [9.17, 15) is 0 Å². The van der Waals surface area contributed by atoms with E-state index in [-0.39, 0.29) is 0 Å². The number of anilines is 1. The number of thiazole rings is 1. The topological polar surface area (TPSA) is 37.0 Å². The Hall–Kier alpha value is -1.13. The monoisotopic (exact) mass is 247 g/mol. The fraction of sp³-hybridized carbons (Fsp3) is 0.462. The summed E-state index contributed by atoms with van der Waals surface area (Å²) in [6, 6.07) is 7.02. The SMILES string of the molecule is c1nc2ccc(NCC3CCCCN3)cc2s1. The van der Waals surface area contributed by atoms with Crippen LogP contribution in [0.2, 0.25) is 0 Å². The summed E-state index contributed by atoms with van der Waals surface area (Å²) in [5, 5.41) is 7.06. The molecule has 0 amide bonds. The average Bonchev–Trinajstić information content (AvgIpc) is 2.85. The van der Waals surface area contributed by atoms with Crippen molar-refractivity contribution in [2.75, 3.05) is 18.4 Å². The Balaban J connectivity index is 1.63. The van der Waals surface area contributed by atoms with Crippen LogP contribution in [-0.2, 0) is 0 Å². The van der Waals surface area contributed by atoms with Crippen LogP contribution in [0.1, 0.15) is 19.3 Å². The molecule has 1 atom stereocenters. The molecule has 3 nitrogen and oxygen atoms in total. The van der Waals surface area contributed by atoms with E-state index in [1.165, 1.54) is 36.2 Å². The third kappa shape index (κ3) is 2.58. The third-order valence-corrected chi connectivity index (χ3v) is 4.09. The molecule has 17 heavy (non-hydrogen) atoms. The number of nitrogens with one attached hydrogen (secondary N) is 2. The van der Waals surface area contributed by atoms with Gasteiger partial charge >= 0.3 is 0 Å². The Kier molecular flexibility index (Phi) is 3.25. The molecule has 1 aliphatic rings. The molecule has 0 saturated carbocycles. The third-order valence-electron chi connectivity index (χ3n) is 3.30. The van der Waals surface area contributed by atoms with Crippen molar-refractivity contribution < 1.29 is 0 Å². The molecule has 0 aliphatic carbocycles. The second-order valence-corrected chi connectivity index (χ2v) is 5.45. The van der Waals surface area contributed by atoms with Crippen LogP contribution < -0.4 is 10.6 Å². The van der Waals surface area contributed by atoms with Crippen molar-refractivity contribution >= 4 is 27.2 Å². The van der Waals surface area contributed by atoms with Crippen LogP contribution in [0.15, 0.2) is 23.7 Å². The van der Waals surface area contributed by atoms with Gasteiger partial charge in [-0.15, -0.1) is 11.3 Å². The van der Waals surface area contributed by atoms with Crippen LogP contribution in [0.25, 0.3) is 10.2 Å². The number of benzene rings is 1. The van der Waals surface area contributed by atoms with E-state index in [4.69, 9.17) is 0 Å². The number of aromatic nitrogens is 1. The predicted molar refractivity (Wildman–Crippen MR) is 73.8 cm³/mol. The van der Waals surface area contributed by atoms with E-state index in [1.807, 2.05) is 5.51 Å². The van der Waals surface area contributed by atoms with Crippen LogP contribution in [0, 0.1) is 0 Å². The normalized spacial score (nSPS) is 20.6. The van der Waals surface area contributed by atoms with Crippen molar-refractivity contribution in [1.29, 1.82) is 0 Å². The molecule has 90 valence electrons. The maximum atomic E-state index is 4.29. The Morgan fingerprint density at radius 1 is 1.41 bits per heavy atom. The number of piperidine rings is 1. The van der Waals surface area contributed by atoms with E-state index in [1.54, 1.807) is 11.3 Å². The Labute approximate surface area is 105 Å². The molecular formula is C13H17N3S. The molecule has 0 radical (unpaired) electrons. The smallest absolute Gasteiger partial charge is 0.0813 e. The Bertz CT molecular complexity index is 488. The van der Waals surface area contributed by atoms with Gasteiger partial charge in [-0.1, -0.05) is 6.42 Å². The summed E-state index contributed by atoms with van der Waals surface area (Å²) in [7, 11) is 0. The molecule has 2 heterocycles. The lowest BCUT2D eigenvalue weighted by Crippen LogP contribution is -2.39. The molecule has 2 aromatic rings. The predicted octanol–water partition coefficient (Wildman–Crippen LogP) is 2.85. The first-order chi connectivity index (χ1) is 8.42. The number of fused-ring (bicyclic) bond motifs is 1. The van der Waals surface area contributed by atoms with Gasteiger partial charge in [-0.2, -0.15) is 0 Å². The second kappa shape index (κ2) is 5.02. The molecule has 0 bridgehead atoms. The maximum absolute atomic E-state index is 4.29. The zero-order valence-corrected chi connectivity index (χ0v) is 10.6. The van der Waals surface area contributed by atoms with Crippen molar-refractivity contribution in [3.63, 3.8) is 0 Å². The molecule has 1 fully saturated rings. The summed E-state index contributed by atoms with van der Waals surface area (Å²) in [5.74, 6) is 0. The lowest BCUT2D eigenvalue weighted by atomic mass is 10.1. The minimum Gasteiger partial charge on any atom is -0.383 e. The van der Waals surface area contributed by atoms with E-state index in [0.717, 1.165) is 12.1 Å². The maximum Gasteiger partial charge on any atom is 0.0813 e. The van der Waals surface area contributed by atoms with Gasteiger partial charge in [0.2, 0.25) is 0 Å². The highest BCUT2D eigenvalue weighted by Gasteiger charge is 2.11. The number of nitrogens with zero attached hydrogens (tertiary/aromatic N) is 1. The zero-order chi connectivity index (χ0) is 11.5. The summed E-state index contributed by atoms with van der Waals surface area (Å²) >= 11 is 1.70. The first-order valence-corrected chi connectivity index (χ1v) is 7.10. The van der Waals surface area contributed by atoms with Crippen LogP contribution in [0.3, 0.4) is 0 Å². The van der Waals surface area contributed by atoms with Gasteiger partial charge in [-0.25, -0.2) is 4.98 Å². The Morgan fingerprint density at radius 2 is 2.41 bits per heavy atom. The summed E-state index contributed by atoms with van der Waals surface area (Å²) in [5.41, 5.74) is 4.20. The van der Waals surface area contributed by atoms with Crippen molar-refractivity contribution in [3.05, 3.63) is 23.7 Å². The van der Waals surface area contributed by atoms with Crippen molar-refractivity contribution in [2.24, 2.45) is 0 Å². The number of rotatable bonds is 3.